The third-order valence-electron chi connectivity index (χ3n) is 9.95. The summed E-state index contributed by atoms with van der Waals surface area (Å²) >= 11 is 0. The summed E-state index contributed by atoms with van der Waals surface area (Å²) in [5.74, 6) is -2.56. The Morgan fingerprint density at radius 1 is 0.900 bits per heavy atom. The molecule has 5 amide bonds. The highest BCUT2D eigenvalue weighted by atomic mass is 16.5. The van der Waals surface area contributed by atoms with E-state index in [4.69, 9.17) is 14.5 Å². The third kappa shape index (κ3) is 8.24. The lowest BCUT2D eigenvalue weighted by Crippen LogP contribution is -2.54. The number of unbranched alkanes of at least 4 members (excludes halogenated alkanes) is 1. The second kappa shape index (κ2) is 16.9. The number of ether oxygens (including phenoxy) is 2. The number of carboxylic acids is 1. The fourth-order valence-electron chi connectivity index (χ4n) is 6.95. The number of aryl methyl sites for hydroxylation is 1. The van der Waals surface area contributed by atoms with Crippen molar-refractivity contribution in [3.05, 3.63) is 120 Å². The molecule has 5 heterocycles. The van der Waals surface area contributed by atoms with Gasteiger partial charge in [0, 0.05) is 37.0 Å². The van der Waals surface area contributed by atoms with Crippen molar-refractivity contribution in [3.8, 4) is 22.8 Å². The van der Waals surface area contributed by atoms with Gasteiger partial charge in [0.2, 0.25) is 11.8 Å². The highest BCUT2D eigenvalue weighted by Crippen LogP contribution is 2.34. The van der Waals surface area contributed by atoms with E-state index in [0.29, 0.717) is 48.8 Å². The van der Waals surface area contributed by atoms with Gasteiger partial charge < -0.3 is 25.2 Å². The van der Waals surface area contributed by atoms with Gasteiger partial charge in [-0.05, 0) is 92.1 Å². The van der Waals surface area contributed by atoms with Crippen molar-refractivity contribution in [2.24, 2.45) is 0 Å². The van der Waals surface area contributed by atoms with Crippen LogP contribution in [0.4, 0.5) is 11.5 Å². The summed E-state index contributed by atoms with van der Waals surface area (Å²) in [6.45, 7) is 0.727. The first-order valence-corrected chi connectivity index (χ1v) is 19.1. The van der Waals surface area contributed by atoms with Crippen molar-refractivity contribution < 1.29 is 43.3 Å². The number of pyridine rings is 1. The molecule has 3 aromatic heterocycles. The fourth-order valence-corrected chi connectivity index (χ4v) is 6.95. The number of nitrogens with zero attached hydrogens (tertiary/aromatic N) is 6. The van der Waals surface area contributed by atoms with Crippen LogP contribution < -0.4 is 25.4 Å². The number of imidazole rings is 1. The van der Waals surface area contributed by atoms with Crippen molar-refractivity contribution in [2.45, 2.75) is 44.9 Å². The molecule has 3 aromatic carbocycles. The summed E-state index contributed by atoms with van der Waals surface area (Å²) in [6.07, 6.45) is 5.06. The lowest BCUT2D eigenvalue weighted by molar-refractivity contribution is -0.136. The monoisotopic (exact) mass is 811 g/mol. The number of nitrogens with one attached hydrogen (secondary N) is 3. The zero-order chi connectivity index (χ0) is 41.8. The topological polar surface area (TPSA) is 228 Å². The van der Waals surface area contributed by atoms with Gasteiger partial charge in [0.05, 0.1) is 22.9 Å². The van der Waals surface area contributed by atoms with Gasteiger partial charge in [0.1, 0.15) is 47.0 Å². The number of carbonyl (C=O) groups excluding carboxylic acids is 5. The van der Waals surface area contributed by atoms with Gasteiger partial charge in [-0.2, -0.15) is 0 Å². The molecule has 0 bridgehead atoms. The van der Waals surface area contributed by atoms with Crippen LogP contribution >= 0.6 is 0 Å². The van der Waals surface area contributed by atoms with Gasteiger partial charge in [-0.1, -0.05) is 17.3 Å². The van der Waals surface area contributed by atoms with E-state index in [9.17, 15) is 33.9 Å². The zero-order valence-electron chi connectivity index (χ0n) is 31.9. The smallest absolute Gasteiger partial charge is 0.335 e. The first-order valence-electron chi connectivity index (χ1n) is 19.1. The Hall–Kier alpha value is -7.89. The molecule has 1 atom stereocenters. The summed E-state index contributed by atoms with van der Waals surface area (Å²) in [5.41, 5.74) is 3.88. The minimum atomic E-state index is -1.11. The van der Waals surface area contributed by atoms with E-state index in [1.807, 2.05) is 53.1 Å². The van der Waals surface area contributed by atoms with Crippen LogP contribution in [0.5, 0.6) is 11.5 Å². The van der Waals surface area contributed by atoms with Crippen LogP contribution in [-0.4, -0.2) is 89.1 Å². The maximum atomic E-state index is 13.2. The highest BCUT2D eigenvalue weighted by molar-refractivity contribution is 6.24. The molecule has 18 nitrogen and oxygen atoms in total. The summed E-state index contributed by atoms with van der Waals surface area (Å²) in [6, 6.07) is 23.1. The number of carbonyl (C=O) groups is 6. The number of piperidine rings is 1. The predicted octanol–water partition coefficient (Wildman–Crippen LogP) is 3.99. The number of amides is 5. The van der Waals surface area contributed by atoms with Crippen LogP contribution in [0.1, 0.15) is 62.5 Å². The summed E-state index contributed by atoms with van der Waals surface area (Å²) in [5, 5.41) is 26.0. The largest absolute Gasteiger partial charge is 0.487 e. The van der Waals surface area contributed by atoms with E-state index in [-0.39, 0.29) is 41.9 Å². The van der Waals surface area contributed by atoms with Crippen LogP contribution in [0.25, 0.3) is 16.9 Å². The van der Waals surface area contributed by atoms with Crippen molar-refractivity contribution in [2.75, 3.05) is 18.5 Å². The van der Waals surface area contributed by atoms with Gasteiger partial charge in [-0.25, -0.2) is 9.78 Å². The molecule has 4 N–H and O–H groups in total. The van der Waals surface area contributed by atoms with Crippen molar-refractivity contribution in [1.29, 1.82) is 0 Å². The molecule has 304 valence electrons. The van der Waals surface area contributed by atoms with Crippen LogP contribution in [0.15, 0.2) is 97.3 Å². The Kier molecular flexibility index (Phi) is 11.0. The number of hydrogen-bond donors (Lipinski definition) is 4. The molecule has 6 aromatic rings. The molecule has 0 spiro atoms. The normalized spacial score (nSPS) is 14.9. The lowest BCUT2D eigenvalue weighted by Gasteiger charge is -2.27. The molecule has 18 heteroatoms. The highest BCUT2D eigenvalue weighted by Gasteiger charge is 2.46. The van der Waals surface area contributed by atoms with Gasteiger partial charge in [0.25, 0.3) is 17.7 Å². The summed E-state index contributed by atoms with van der Waals surface area (Å²) < 4.78 is 15.3. The average molecular weight is 812 g/mol. The fraction of sp³-hybridized carbons (Fsp3) is 0.214. The second-order valence-electron chi connectivity index (χ2n) is 14.0. The van der Waals surface area contributed by atoms with E-state index >= 15 is 0 Å². The van der Waals surface area contributed by atoms with E-state index in [2.05, 4.69) is 26.3 Å². The van der Waals surface area contributed by atoms with E-state index in [1.54, 1.807) is 35.1 Å². The number of aromatic nitrogens is 5. The minimum absolute atomic E-state index is 0.00579. The predicted molar refractivity (Wildman–Crippen MR) is 213 cm³/mol. The molecule has 2 aliphatic rings. The number of imide groups is 2. The van der Waals surface area contributed by atoms with Crippen molar-refractivity contribution in [1.82, 2.24) is 39.9 Å². The van der Waals surface area contributed by atoms with Crippen molar-refractivity contribution in [3.63, 3.8) is 0 Å². The molecule has 2 aliphatic heterocycles. The maximum absolute atomic E-state index is 13.2. The van der Waals surface area contributed by atoms with E-state index in [0.717, 1.165) is 21.9 Å². The number of hydrogen-bond acceptors (Lipinski definition) is 12. The molecule has 1 saturated heterocycles. The van der Waals surface area contributed by atoms with Gasteiger partial charge in [-0.3, -0.25) is 43.3 Å². The molecule has 1 fully saturated rings. The van der Waals surface area contributed by atoms with E-state index in [1.165, 1.54) is 18.2 Å². The molecule has 0 aliphatic carbocycles. The molecule has 0 radical (unpaired) electrons. The molecular weight excluding hydrogens is 775 g/mol. The Morgan fingerprint density at radius 2 is 1.72 bits per heavy atom. The van der Waals surface area contributed by atoms with Crippen LogP contribution in [0.2, 0.25) is 0 Å². The zero-order valence-corrected chi connectivity index (χ0v) is 31.9. The number of aromatic carboxylic acids is 1. The second-order valence-corrected chi connectivity index (χ2v) is 14.0. The molecule has 8 rings (SSSR count). The molecule has 1 unspecified atom stereocenters. The van der Waals surface area contributed by atoms with Gasteiger partial charge in [-0.15, -0.1) is 5.10 Å². The summed E-state index contributed by atoms with van der Waals surface area (Å²) in [4.78, 5) is 79.8. The minimum Gasteiger partial charge on any atom is -0.487 e. The Balaban J connectivity index is 0.779. The average Bonchev–Trinajstić information content (AvgIpc) is 3.94. The van der Waals surface area contributed by atoms with E-state index < -0.39 is 48.2 Å². The third-order valence-corrected chi connectivity index (χ3v) is 9.95. The van der Waals surface area contributed by atoms with Crippen molar-refractivity contribution >= 4 is 52.7 Å². The van der Waals surface area contributed by atoms with Crippen LogP contribution in [-0.2, 0) is 27.5 Å². The standard InChI is InChI=1S/C42H37N9O9/c52-34-18-17-31(39(54)46-34)51-40(55)30-6-5-7-32(36(30)41(51)56)60-24-35(53)43-19-2-4-20-49-22-28(47-48-49)23-59-29-15-11-25(12-16-29)37-38(50-21-3-1-8-33(50)45-37)44-27-13-9-26(10-14-27)42(57)58/h1,3,5-16,21-22,31,44H,2,4,17-20,23-24H2,(H,43,53)(H,57,58)(H,46,52,54). The number of anilines is 2. The molecular formula is C42H37N9O9. The Morgan fingerprint density at radius 3 is 2.50 bits per heavy atom. The first kappa shape index (κ1) is 39.0. The quantitative estimate of drug-likeness (QED) is 0.0802. The van der Waals surface area contributed by atoms with Gasteiger partial charge >= 0.3 is 5.97 Å². The first-order chi connectivity index (χ1) is 29.1. The number of rotatable bonds is 16. The lowest BCUT2D eigenvalue weighted by atomic mass is 10.0. The van der Waals surface area contributed by atoms with Crippen LogP contribution in [0, 0.1) is 0 Å². The molecule has 60 heavy (non-hydrogen) atoms. The Bertz CT molecular complexity index is 2640. The number of fused-ring (bicyclic) bond motifs is 2. The number of benzene rings is 3. The Labute approximate surface area is 341 Å². The molecule has 0 saturated carbocycles. The summed E-state index contributed by atoms with van der Waals surface area (Å²) in [7, 11) is 0. The number of carboxylic acid groups (broad SMARTS) is 1. The SMILES string of the molecule is O=C(COc1cccc2c1C(=O)N(C1CCC(=O)NC1=O)C2=O)NCCCCn1cc(COc2ccc(-c3nc4ccccn4c3Nc3ccc(C(=O)O)cc3)cc2)nn1. The van der Waals surface area contributed by atoms with Gasteiger partial charge in [0.15, 0.2) is 6.61 Å². The van der Waals surface area contributed by atoms with Crippen LogP contribution in [0.3, 0.4) is 0 Å². The maximum Gasteiger partial charge on any atom is 0.335 e.